The van der Waals surface area contributed by atoms with E-state index in [4.69, 9.17) is 0 Å². The van der Waals surface area contributed by atoms with Crippen molar-refractivity contribution in [1.82, 2.24) is 0 Å². The lowest BCUT2D eigenvalue weighted by atomic mass is 10.1. The second kappa shape index (κ2) is 5.43. The van der Waals surface area contributed by atoms with Crippen molar-refractivity contribution >= 4 is 5.69 Å². The molecule has 0 radical (unpaired) electrons. The van der Waals surface area contributed by atoms with Gasteiger partial charge in [-0.2, -0.15) is 0 Å². The van der Waals surface area contributed by atoms with Crippen LogP contribution in [0.15, 0.2) is 48.5 Å². The van der Waals surface area contributed by atoms with Gasteiger partial charge >= 0.3 is 0 Å². The van der Waals surface area contributed by atoms with E-state index in [0.717, 1.165) is 12.5 Å². The van der Waals surface area contributed by atoms with E-state index in [1.165, 1.54) is 17.7 Å². The highest BCUT2D eigenvalue weighted by atomic mass is 19.2. The van der Waals surface area contributed by atoms with Crippen LogP contribution in [-0.4, -0.2) is 6.54 Å². The van der Waals surface area contributed by atoms with Crippen molar-refractivity contribution in [1.29, 1.82) is 0 Å². The van der Waals surface area contributed by atoms with Crippen LogP contribution < -0.4 is 5.32 Å². The zero-order valence-electron chi connectivity index (χ0n) is 9.29. The normalized spacial score (nSPS) is 10.2. The van der Waals surface area contributed by atoms with E-state index in [9.17, 15) is 8.78 Å². The van der Waals surface area contributed by atoms with Crippen molar-refractivity contribution < 1.29 is 8.78 Å². The SMILES string of the molecule is Fc1ccc(NCCc2ccccc2)cc1F. The number of halogens is 2. The molecule has 0 bridgehead atoms. The Hall–Kier alpha value is -1.90. The molecular weight excluding hydrogens is 220 g/mol. The van der Waals surface area contributed by atoms with Crippen molar-refractivity contribution in [3.05, 3.63) is 65.7 Å². The van der Waals surface area contributed by atoms with Crippen LogP contribution in [0.2, 0.25) is 0 Å². The van der Waals surface area contributed by atoms with Crippen LogP contribution >= 0.6 is 0 Å². The first-order valence-electron chi connectivity index (χ1n) is 5.48. The zero-order valence-corrected chi connectivity index (χ0v) is 9.29. The summed E-state index contributed by atoms with van der Waals surface area (Å²) in [5.41, 5.74) is 1.81. The molecule has 0 atom stereocenters. The molecule has 1 nitrogen and oxygen atoms in total. The van der Waals surface area contributed by atoms with Crippen molar-refractivity contribution in [2.45, 2.75) is 6.42 Å². The number of hydrogen-bond acceptors (Lipinski definition) is 1. The molecule has 0 amide bonds. The first kappa shape index (κ1) is 11.6. The smallest absolute Gasteiger partial charge is 0.160 e. The molecule has 2 aromatic rings. The third-order valence-electron chi connectivity index (χ3n) is 2.51. The minimum absolute atomic E-state index is 0.597. The van der Waals surface area contributed by atoms with Gasteiger partial charge in [0.1, 0.15) is 0 Å². The molecule has 1 N–H and O–H groups in total. The Kier molecular flexibility index (Phi) is 3.70. The third-order valence-corrected chi connectivity index (χ3v) is 2.51. The fourth-order valence-electron chi connectivity index (χ4n) is 1.60. The van der Waals surface area contributed by atoms with E-state index in [2.05, 4.69) is 5.32 Å². The summed E-state index contributed by atoms with van der Waals surface area (Å²) in [4.78, 5) is 0. The number of nitrogens with one attached hydrogen (secondary N) is 1. The molecule has 2 rings (SSSR count). The van der Waals surface area contributed by atoms with Crippen LogP contribution in [0.1, 0.15) is 5.56 Å². The summed E-state index contributed by atoms with van der Waals surface area (Å²) in [6.45, 7) is 0.690. The zero-order chi connectivity index (χ0) is 12.1. The molecule has 0 spiro atoms. The molecule has 17 heavy (non-hydrogen) atoms. The minimum Gasteiger partial charge on any atom is -0.385 e. The van der Waals surface area contributed by atoms with E-state index >= 15 is 0 Å². The molecule has 0 aliphatic carbocycles. The second-order valence-electron chi connectivity index (χ2n) is 3.79. The predicted molar refractivity (Wildman–Crippen MR) is 65.0 cm³/mol. The van der Waals surface area contributed by atoms with Crippen molar-refractivity contribution in [2.75, 3.05) is 11.9 Å². The van der Waals surface area contributed by atoms with Crippen LogP contribution in [0.4, 0.5) is 14.5 Å². The predicted octanol–water partition coefficient (Wildman–Crippen LogP) is 3.62. The molecule has 0 aromatic heterocycles. The molecule has 0 saturated carbocycles. The lowest BCUT2D eigenvalue weighted by Crippen LogP contribution is -2.05. The van der Waals surface area contributed by atoms with Crippen LogP contribution in [0.25, 0.3) is 0 Å². The van der Waals surface area contributed by atoms with Gasteiger partial charge in [-0.25, -0.2) is 8.78 Å². The van der Waals surface area contributed by atoms with Gasteiger partial charge in [0.25, 0.3) is 0 Å². The molecule has 0 fully saturated rings. The van der Waals surface area contributed by atoms with Gasteiger partial charge in [0, 0.05) is 12.2 Å². The van der Waals surface area contributed by atoms with Gasteiger partial charge in [0.05, 0.1) is 0 Å². The Labute approximate surface area is 99.1 Å². The molecule has 0 aliphatic heterocycles. The highest BCUT2D eigenvalue weighted by Gasteiger charge is 2.01. The Bertz CT molecular complexity index is 483. The van der Waals surface area contributed by atoms with Gasteiger partial charge in [-0.3, -0.25) is 0 Å². The van der Waals surface area contributed by atoms with Crippen LogP contribution in [-0.2, 0) is 6.42 Å². The summed E-state index contributed by atoms with van der Waals surface area (Å²) in [6, 6.07) is 13.8. The van der Waals surface area contributed by atoms with E-state index in [1.807, 2.05) is 30.3 Å². The Morgan fingerprint density at radius 3 is 2.35 bits per heavy atom. The standard InChI is InChI=1S/C14H13F2N/c15-13-7-6-12(10-14(13)16)17-9-8-11-4-2-1-3-5-11/h1-7,10,17H,8-9H2. The Morgan fingerprint density at radius 2 is 1.65 bits per heavy atom. The van der Waals surface area contributed by atoms with Gasteiger partial charge < -0.3 is 5.32 Å². The number of rotatable bonds is 4. The lowest BCUT2D eigenvalue weighted by Gasteiger charge is -2.06. The van der Waals surface area contributed by atoms with Gasteiger partial charge in [-0.1, -0.05) is 30.3 Å². The van der Waals surface area contributed by atoms with Crippen molar-refractivity contribution in [2.24, 2.45) is 0 Å². The monoisotopic (exact) mass is 233 g/mol. The van der Waals surface area contributed by atoms with E-state index in [-0.39, 0.29) is 0 Å². The van der Waals surface area contributed by atoms with Gasteiger partial charge in [-0.05, 0) is 30.2 Å². The van der Waals surface area contributed by atoms with Crippen molar-refractivity contribution in [3.8, 4) is 0 Å². The van der Waals surface area contributed by atoms with Crippen LogP contribution in [0.5, 0.6) is 0 Å². The van der Waals surface area contributed by atoms with Gasteiger partial charge in [0.15, 0.2) is 11.6 Å². The summed E-state index contributed by atoms with van der Waals surface area (Å²) in [6.07, 6.45) is 0.847. The summed E-state index contributed by atoms with van der Waals surface area (Å²) in [7, 11) is 0. The molecular formula is C14H13F2N. The van der Waals surface area contributed by atoms with Crippen molar-refractivity contribution in [3.63, 3.8) is 0 Å². The maximum atomic E-state index is 12.9. The molecule has 2 aromatic carbocycles. The fraction of sp³-hybridized carbons (Fsp3) is 0.143. The summed E-state index contributed by atoms with van der Waals surface area (Å²) < 4.78 is 25.6. The van der Waals surface area contributed by atoms with Gasteiger partial charge in [-0.15, -0.1) is 0 Å². The average Bonchev–Trinajstić information content (AvgIpc) is 2.35. The van der Waals surface area contributed by atoms with Crippen LogP contribution in [0, 0.1) is 11.6 Å². The number of hydrogen-bond donors (Lipinski definition) is 1. The number of anilines is 1. The molecule has 3 heteroatoms. The summed E-state index contributed by atoms with van der Waals surface area (Å²) in [5, 5.41) is 3.05. The Morgan fingerprint density at radius 1 is 0.882 bits per heavy atom. The molecule has 0 heterocycles. The first-order chi connectivity index (χ1) is 8.25. The highest BCUT2D eigenvalue weighted by Crippen LogP contribution is 2.13. The maximum Gasteiger partial charge on any atom is 0.160 e. The molecule has 0 unspecified atom stereocenters. The highest BCUT2D eigenvalue weighted by molar-refractivity contribution is 5.43. The fourth-order valence-corrected chi connectivity index (χ4v) is 1.60. The topological polar surface area (TPSA) is 12.0 Å². The third kappa shape index (κ3) is 3.28. The summed E-state index contributed by atoms with van der Waals surface area (Å²) >= 11 is 0. The average molecular weight is 233 g/mol. The summed E-state index contributed by atoms with van der Waals surface area (Å²) in [5.74, 6) is -1.65. The molecule has 0 aliphatic rings. The van der Waals surface area contributed by atoms with E-state index in [0.29, 0.717) is 12.2 Å². The number of benzene rings is 2. The molecule has 0 saturated heterocycles. The van der Waals surface area contributed by atoms with Crippen LogP contribution in [0.3, 0.4) is 0 Å². The first-order valence-corrected chi connectivity index (χ1v) is 5.48. The minimum atomic E-state index is -0.824. The molecule has 88 valence electrons. The van der Waals surface area contributed by atoms with Gasteiger partial charge in [0.2, 0.25) is 0 Å². The second-order valence-corrected chi connectivity index (χ2v) is 3.79. The Balaban J connectivity index is 1.88. The van der Waals surface area contributed by atoms with E-state index < -0.39 is 11.6 Å². The maximum absolute atomic E-state index is 12.9. The lowest BCUT2D eigenvalue weighted by molar-refractivity contribution is 0.509. The largest absolute Gasteiger partial charge is 0.385 e. The quantitative estimate of drug-likeness (QED) is 0.850. The van der Waals surface area contributed by atoms with E-state index in [1.54, 1.807) is 0 Å².